The Morgan fingerprint density at radius 2 is 1.84 bits per heavy atom. The van der Waals surface area contributed by atoms with Crippen molar-refractivity contribution in [3.05, 3.63) is 59.4 Å². The zero-order chi connectivity index (χ0) is 22.7. The number of nitrogens with zero attached hydrogens (tertiary/aromatic N) is 1. The Morgan fingerprint density at radius 3 is 2.56 bits per heavy atom. The molecular weight excluding hydrogens is 407 g/mol. The van der Waals surface area contributed by atoms with Gasteiger partial charge in [0.15, 0.2) is 0 Å². The van der Waals surface area contributed by atoms with E-state index in [2.05, 4.69) is 5.32 Å². The Bertz CT molecular complexity index is 987. The van der Waals surface area contributed by atoms with Crippen LogP contribution in [0.15, 0.2) is 42.5 Å². The van der Waals surface area contributed by atoms with E-state index in [9.17, 15) is 14.0 Å². The fourth-order valence-electron chi connectivity index (χ4n) is 5.01. The average Bonchev–Trinajstić information content (AvgIpc) is 3.35. The highest BCUT2D eigenvalue weighted by molar-refractivity contribution is 5.93. The van der Waals surface area contributed by atoms with Crippen LogP contribution in [0.2, 0.25) is 0 Å². The van der Waals surface area contributed by atoms with Crippen LogP contribution in [0.25, 0.3) is 0 Å². The monoisotopic (exact) mass is 438 g/mol. The van der Waals surface area contributed by atoms with E-state index >= 15 is 0 Å². The predicted molar refractivity (Wildman–Crippen MR) is 122 cm³/mol. The molecule has 2 amide bonds. The number of anilines is 1. The summed E-state index contributed by atoms with van der Waals surface area (Å²) >= 11 is 0. The molecule has 0 bridgehead atoms. The number of nitrogens with one attached hydrogen (secondary N) is 1. The molecule has 2 aliphatic rings. The van der Waals surface area contributed by atoms with Crippen molar-refractivity contribution < 1.29 is 18.7 Å². The highest BCUT2D eigenvalue weighted by Gasteiger charge is 2.37. The molecule has 1 saturated carbocycles. The number of rotatable bonds is 5. The topological polar surface area (TPSA) is 58.6 Å². The summed E-state index contributed by atoms with van der Waals surface area (Å²) in [4.78, 5) is 28.3. The molecule has 32 heavy (non-hydrogen) atoms. The Kier molecular flexibility index (Phi) is 6.77. The van der Waals surface area contributed by atoms with Gasteiger partial charge < -0.3 is 15.0 Å². The number of halogens is 1. The van der Waals surface area contributed by atoms with Crippen LogP contribution in [0.1, 0.15) is 49.1 Å². The molecule has 0 radical (unpaired) electrons. The summed E-state index contributed by atoms with van der Waals surface area (Å²) in [6.07, 6.45) is 4.65. The molecule has 1 heterocycles. The standard InChI is InChI=1S/C26H31FN2O3/c1-17-12-19(10-11-24(17)27)20-13-21(16-29(15-20)26(31)18-6-3-4-7-18)25(30)28-22-8-5-9-23(14-22)32-2/h5,8-12,14,18,20-21H,3-4,6-7,13,15-16H2,1-2H3,(H,28,30). The lowest BCUT2D eigenvalue weighted by molar-refractivity contribution is -0.138. The molecule has 170 valence electrons. The summed E-state index contributed by atoms with van der Waals surface area (Å²) < 4.78 is 19.1. The molecule has 4 rings (SSSR count). The first-order valence-corrected chi connectivity index (χ1v) is 11.4. The van der Waals surface area contributed by atoms with Crippen molar-refractivity contribution in [3.8, 4) is 5.75 Å². The van der Waals surface area contributed by atoms with Gasteiger partial charge in [0.1, 0.15) is 11.6 Å². The highest BCUT2D eigenvalue weighted by Crippen LogP contribution is 2.35. The predicted octanol–water partition coefficient (Wildman–Crippen LogP) is 4.90. The summed E-state index contributed by atoms with van der Waals surface area (Å²) in [6.45, 7) is 2.74. The van der Waals surface area contributed by atoms with Gasteiger partial charge in [-0.1, -0.05) is 31.0 Å². The van der Waals surface area contributed by atoms with E-state index in [4.69, 9.17) is 4.74 Å². The molecule has 1 saturated heterocycles. The van der Waals surface area contributed by atoms with Crippen molar-refractivity contribution in [2.75, 3.05) is 25.5 Å². The Balaban J connectivity index is 1.55. The quantitative estimate of drug-likeness (QED) is 0.722. The molecule has 2 atom stereocenters. The van der Waals surface area contributed by atoms with Gasteiger partial charge in [0.25, 0.3) is 0 Å². The number of aryl methyl sites for hydroxylation is 1. The fourth-order valence-corrected chi connectivity index (χ4v) is 5.01. The van der Waals surface area contributed by atoms with Crippen molar-refractivity contribution in [2.24, 2.45) is 11.8 Å². The smallest absolute Gasteiger partial charge is 0.229 e. The van der Waals surface area contributed by atoms with Gasteiger partial charge in [0.2, 0.25) is 11.8 Å². The van der Waals surface area contributed by atoms with Gasteiger partial charge in [-0.2, -0.15) is 0 Å². The normalized spacial score (nSPS) is 21.4. The maximum atomic E-state index is 13.8. The Morgan fingerprint density at radius 1 is 1.06 bits per heavy atom. The van der Waals surface area contributed by atoms with Gasteiger partial charge in [-0.25, -0.2) is 4.39 Å². The van der Waals surface area contributed by atoms with E-state index in [1.165, 1.54) is 6.07 Å². The van der Waals surface area contributed by atoms with Gasteiger partial charge >= 0.3 is 0 Å². The minimum atomic E-state index is -0.337. The van der Waals surface area contributed by atoms with E-state index < -0.39 is 0 Å². The van der Waals surface area contributed by atoms with Gasteiger partial charge in [-0.05, 0) is 55.5 Å². The molecule has 2 aromatic carbocycles. The number of piperidine rings is 1. The molecule has 2 aromatic rings. The maximum Gasteiger partial charge on any atom is 0.229 e. The summed E-state index contributed by atoms with van der Waals surface area (Å²) in [5, 5.41) is 2.99. The molecule has 6 heteroatoms. The third-order valence-corrected chi connectivity index (χ3v) is 6.83. The van der Waals surface area contributed by atoms with E-state index in [1.54, 1.807) is 26.2 Å². The molecule has 2 unspecified atom stereocenters. The minimum absolute atomic E-state index is 0.00513. The lowest BCUT2D eigenvalue weighted by Crippen LogP contribution is -2.48. The second-order valence-corrected chi connectivity index (χ2v) is 9.08. The Hall–Kier alpha value is -2.89. The molecule has 5 nitrogen and oxygen atoms in total. The van der Waals surface area contributed by atoms with Crippen LogP contribution in [0.4, 0.5) is 10.1 Å². The fraction of sp³-hybridized carbons (Fsp3) is 0.462. The van der Waals surface area contributed by atoms with Crippen LogP contribution in [-0.2, 0) is 9.59 Å². The number of methoxy groups -OCH3 is 1. The van der Waals surface area contributed by atoms with Gasteiger partial charge in [-0.15, -0.1) is 0 Å². The first-order chi connectivity index (χ1) is 15.4. The summed E-state index contributed by atoms with van der Waals surface area (Å²) in [6, 6.07) is 12.4. The van der Waals surface area contributed by atoms with Gasteiger partial charge in [0.05, 0.1) is 13.0 Å². The lowest BCUT2D eigenvalue weighted by atomic mass is 9.83. The second-order valence-electron chi connectivity index (χ2n) is 9.08. The number of amides is 2. The molecular formula is C26H31FN2O3. The van der Waals surface area contributed by atoms with Crippen LogP contribution < -0.4 is 10.1 Å². The van der Waals surface area contributed by atoms with Crippen molar-refractivity contribution >= 4 is 17.5 Å². The van der Waals surface area contributed by atoms with E-state index in [0.29, 0.717) is 36.5 Å². The second kappa shape index (κ2) is 9.72. The van der Waals surface area contributed by atoms with Gasteiger partial charge in [-0.3, -0.25) is 9.59 Å². The lowest BCUT2D eigenvalue weighted by Gasteiger charge is -2.38. The average molecular weight is 439 g/mol. The number of carbonyl (C=O) groups is 2. The molecule has 1 N–H and O–H groups in total. The maximum absolute atomic E-state index is 13.8. The van der Waals surface area contributed by atoms with Crippen molar-refractivity contribution in [3.63, 3.8) is 0 Å². The van der Waals surface area contributed by atoms with Crippen LogP contribution in [0.3, 0.4) is 0 Å². The SMILES string of the molecule is COc1cccc(NC(=O)C2CC(c3ccc(F)c(C)c3)CN(C(=O)C3CCCC3)C2)c1. The van der Waals surface area contributed by atoms with E-state index in [-0.39, 0.29) is 35.4 Å². The van der Waals surface area contributed by atoms with Crippen LogP contribution in [0, 0.1) is 24.6 Å². The van der Waals surface area contributed by atoms with E-state index in [1.807, 2.05) is 29.2 Å². The third kappa shape index (κ3) is 4.95. The van der Waals surface area contributed by atoms with Crippen molar-refractivity contribution in [1.82, 2.24) is 4.90 Å². The first kappa shape index (κ1) is 22.3. The highest BCUT2D eigenvalue weighted by atomic mass is 19.1. The molecule has 2 fully saturated rings. The van der Waals surface area contributed by atoms with E-state index in [0.717, 1.165) is 31.2 Å². The largest absolute Gasteiger partial charge is 0.497 e. The zero-order valence-electron chi connectivity index (χ0n) is 18.8. The first-order valence-electron chi connectivity index (χ1n) is 11.4. The molecule has 0 aromatic heterocycles. The van der Waals surface area contributed by atoms with Crippen molar-refractivity contribution in [2.45, 2.75) is 44.9 Å². The minimum Gasteiger partial charge on any atom is -0.497 e. The molecule has 1 aliphatic carbocycles. The zero-order valence-corrected chi connectivity index (χ0v) is 18.8. The Labute approximate surface area is 188 Å². The summed E-state index contributed by atoms with van der Waals surface area (Å²) in [7, 11) is 1.59. The molecule has 1 aliphatic heterocycles. The van der Waals surface area contributed by atoms with Crippen LogP contribution in [-0.4, -0.2) is 36.9 Å². The van der Waals surface area contributed by atoms with Crippen molar-refractivity contribution in [1.29, 1.82) is 0 Å². The number of hydrogen-bond donors (Lipinski definition) is 1. The number of benzene rings is 2. The van der Waals surface area contributed by atoms with Crippen LogP contribution >= 0.6 is 0 Å². The third-order valence-electron chi connectivity index (χ3n) is 6.83. The van der Waals surface area contributed by atoms with Crippen LogP contribution in [0.5, 0.6) is 5.75 Å². The number of likely N-dealkylation sites (tertiary alicyclic amines) is 1. The number of hydrogen-bond acceptors (Lipinski definition) is 3. The van der Waals surface area contributed by atoms with Gasteiger partial charge in [0, 0.05) is 36.7 Å². The summed E-state index contributed by atoms with van der Waals surface area (Å²) in [5.74, 6) is 0.201. The number of ether oxygens (including phenoxy) is 1. The number of carbonyl (C=O) groups excluding carboxylic acids is 2. The molecule has 0 spiro atoms. The summed E-state index contributed by atoms with van der Waals surface area (Å²) in [5.41, 5.74) is 2.23.